The summed E-state index contributed by atoms with van der Waals surface area (Å²) < 4.78 is 0. The maximum absolute atomic E-state index is 12.1. The van der Waals surface area contributed by atoms with Crippen molar-refractivity contribution in [3.63, 3.8) is 0 Å². The summed E-state index contributed by atoms with van der Waals surface area (Å²) >= 11 is 7.37. The highest BCUT2D eigenvalue weighted by atomic mass is 35.5. The van der Waals surface area contributed by atoms with Gasteiger partial charge in [0.25, 0.3) is 0 Å². The molecule has 4 nitrogen and oxygen atoms in total. The fourth-order valence-corrected chi connectivity index (χ4v) is 2.72. The Hall–Kier alpha value is -1.56. The van der Waals surface area contributed by atoms with E-state index in [4.69, 9.17) is 11.6 Å². The molecule has 1 aromatic carbocycles. The van der Waals surface area contributed by atoms with Crippen molar-refractivity contribution in [3.8, 4) is 0 Å². The molecule has 2 aromatic rings. The first kappa shape index (κ1) is 16.8. The number of aromatic nitrogens is 1. The zero-order valence-electron chi connectivity index (χ0n) is 12.5. The lowest BCUT2D eigenvalue weighted by atomic mass is 10.2. The average molecular weight is 336 g/mol. The van der Waals surface area contributed by atoms with Gasteiger partial charge in [0.05, 0.1) is 12.2 Å². The maximum Gasteiger partial charge on any atom is 0.238 e. The Morgan fingerprint density at radius 3 is 2.77 bits per heavy atom. The van der Waals surface area contributed by atoms with E-state index in [-0.39, 0.29) is 5.91 Å². The zero-order valence-corrected chi connectivity index (χ0v) is 14.1. The Balaban J connectivity index is 1.89. The van der Waals surface area contributed by atoms with Crippen LogP contribution in [-0.4, -0.2) is 35.6 Å². The molecule has 1 heterocycles. The minimum Gasteiger partial charge on any atom is -0.324 e. The number of carbonyl (C=O) groups excluding carboxylic acids is 1. The molecule has 0 aliphatic carbocycles. The standard InChI is InChI=1S/C16H18ClN3OS/c1-20(10-12-7-8-15(17)18-9-12)11-16(21)19-13-5-3-4-6-14(13)22-2/h3-9H,10-11H2,1-2H3,(H,19,21). The molecule has 0 saturated carbocycles. The van der Waals surface area contributed by atoms with E-state index >= 15 is 0 Å². The molecule has 6 heteroatoms. The molecule has 0 spiro atoms. The van der Waals surface area contributed by atoms with Crippen molar-refractivity contribution >= 4 is 35.0 Å². The number of nitrogens with zero attached hydrogens (tertiary/aromatic N) is 2. The van der Waals surface area contributed by atoms with Crippen LogP contribution < -0.4 is 5.32 Å². The van der Waals surface area contributed by atoms with E-state index in [2.05, 4.69) is 10.3 Å². The van der Waals surface area contributed by atoms with Gasteiger partial charge in [-0.05, 0) is 37.1 Å². The smallest absolute Gasteiger partial charge is 0.238 e. The van der Waals surface area contributed by atoms with Crippen molar-refractivity contribution in [3.05, 3.63) is 53.3 Å². The van der Waals surface area contributed by atoms with Crippen LogP contribution in [0.2, 0.25) is 5.15 Å². The van der Waals surface area contributed by atoms with Gasteiger partial charge in [0.2, 0.25) is 5.91 Å². The normalized spacial score (nSPS) is 10.7. The topological polar surface area (TPSA) is 45.2 Å². The van der Waals surface area contributed by atoms with E-state index in [0.717, 1.165) is 16.1 Å². The van der Waals surface area contributed by atoms with Crippen molar-refractivity contribution in [1.29, 1.82) is 0 Å². The molecule has 2 rings (SSSR count). The van der Waals surface area contributed by atoms with Gasteiger partial charge in [-0.25, -0.2) is 4.98 Å². The number of anilines is 1. The van der Waals surface area contributed by atoms with Crippen LogP contribution in [0, 0.1) is 0 Å². The molecule has 0 unspecified atom stereocenters. The summed E-state index contributed by atoms with van der Waals surface area (Å²) in [5.74, 6) is -0.0362. The number of pyridine rings is 1. The largest absolute Gasteiger partial charge is 0.324 e. The Bertz CT molecular complexity index is 634. The van der Waals surface area contributed by atoms with E-state index in [9.17, 15) is 4.79 Å². The zero-order chi connectivity index (χ0) is 15.9. The molecule has 22 heavy (non-hydrogen) atoms. The molecule has 0 bridgehead atoms. The fourth-order valence-electron chi connectivity index (χ4n) is 2.05. The lowest BCUT2D eigenvalue weighted by molar-refractivity contribution is -0.117. The number of halogens is 1. The number of amides is 1. The summed E-state index contributed by atoms with van der Waals surface area (Å²) in [6.07, 6.45) is 3.71. The van der Waals surface area contributed by atoms with Gasteiger partial charge in [0.15, 0.2) is 0 Å². The Morgan fingerprint density at radius 1 is 1.32 bits per heavy atom. The third-order valence-electron chi connectivity index (χ3n) is 3.04. The molecular weight excluding hydrogens is 318 g/mol. The van der Waals surface area contributed by atoms with Crippen LogP contribution in [0.25, 0.3) is 0 Å². The Morgan fingerprint density at radius 2 is 2.09 bits per heavy atom. The molecule has 0 radical (unpaired) electrons. The van der Waals surface area contributed by atoms with Crippen LogP contribution in [-0.2, 0) is 11.3 Å². The second-order valence-corrected chi connectivity index (χ2v) is 6.15. The van der Waals surface area contributed by atoms with Crippen LogP contribution in [0.3, 0.4) is 0 Å². The van der Waals surface area contributed by atoms with E-state index in [1.165, 1.54) is 0 Å². The van der Waals surface area contributed by atoms with Crippen molar-refractivity contribution < 1.29 is 4.79 Å². The van der Waals surface area contributed by atoms with Crippen molar-refractivity contribution in [2.45, 2.75) is 11.4 Å². The van der Waals surface area contributed by atoms with Crippen LogP contribution in [0.15, 0.2) is 47.5 Å². The lowest BCUT2D eigenvalue weighted by Crippen LogP contribution is -2.30. The highest BCUT2D eigenvalue weighted by Gasteiger charge is 2.09. The van der Waals surface area contributed by atoms with Gasteiger partial charge < -0.3 is 5.32 Å². The summed E-state index contributed by atoms with van der Waals surface area (Å²) in [5.41, 5.74) is 1.87. The molecule has 0 atom stereocenters. The number of rotatable bonds is 6. The van der Waals surface area contributed by atoms with Gasteiger partial charge in [-0.2, -0.15) is 0 Å². The molecular formula is C16H18ClN3OS. The highest BCUT2D eigenvalue weighted by Crippen LogP contribution is 2.24. The molecule has 0 saturated heterocycles. The van der Waals surface area contributed by atoms with Gasteiger partial charge >= 0.3 is 0 Å². The average Bonchev–Trinajstić information content (AvgIpc) is 2.50. The molecule has 1 N–H and O–H groups in total. The maximum atomic E-state index is 12.1. The summed E-state index contributed by atoms with van der Waals surface area (Å²) in [4.78, 5) is 19.2. The first-order chi connectivity index (χ1) is 10.6. The van der Waals surface area contributed by atoms with E-state index < -0.39 is 0 Å². The first-order valence-electron chi connectivity index (χ1n) is 6.80. The van der Waals surface area contributed by atoms with Gasteiger partial charge in [-0.3, -0.25) is 9.69 Å². The number of carbonyl (C=O) groups is 1. The molecule has 1 aromatic heterocycles. The predicted octanol–water partition coefficient (Wildman–Crippen LogP) is 3.53. The van der Waals surface area contributed by atoms with E-state index in [1.54, 1.807) is 24.0 Å². The third-order valence-corrected chi connectivity index (χ3v) is 4.06. The number of nitrogens with one attached hydrogen (secondary N) is 1. The van der Waals surface area contributed by atoms with E-state index in [0.29, 0.717) is 18.2 Å². The van der Waals surface area contributed by atoms with Crippen LogP contribution in [0.4, 0.5) is 5.69 Å². The molecule has 116 valence electrons. The van der Waals surface area contributed by atoms with Gasteiger partial charge in [0.1, 0.15) is 5.15 Å². The summed E-state index contributed by atoms with van der Waals surface area (Å²) in [6.45, 7) is 0.951. The molecule has 0 aliphatic heterocycles. The highest BCUT2D eigenvalue weighted by molar-refractivity contribution is 7.98. The van der Waals surface area contributed by atoms with Gasteiger partial charge in [-0.15, -0.1) is 11.8 Å². The quantitative estimate of drug-likeness (QED) is 0.648. The summed E-state index contributed by atoms with van der Waals surface area (Å²) in [7, 11) is 1.90. The SMILES string of the molecule is CSc1ccccc1NC(=O)CN(C)Cc1ccc(Cl)nc1. The number of para-hydroxylation sites is 1. The van der Waals surface area contributed by atoms with Crippen molar-refractivity contribution in [2.75, 3.05) is 25.2 Å². The number of benzene rings is 1. The predicted molar refractivity (Wildman–Crippen MR) is 92.4 cm³/mol. The minimum atomic E-state index is -0.0362. The minimum absolute atomic E-state index is 0.0362. The summed E-state index contributed by atoms with van der Waals surface area (Å²) in [5, 5.41) is 3.42. The molecule has 1 amide bonds. The first-order valence-corrected chi connectivity index (χ1v) is 8.40. The number of hydrogen-bond donors (Lipinski definition) is 1. The second-order valence-electron chi connectivity index (χ2n) is 4.91. The summed E-state index contributed by atoms with van der Waals surface area (Å²) in [6, 6.07) is 11.4. The lowest BCUT2D eigenvalue weighted by Gasteiger charge is -2.17. The van der Waals surface area contributed by atoms with Crippen LogP contribution >= 0.6 is 23.4 Å². The number of likely N-dealkylation sites (N-methyl/N-ethyl adjacent to an activating group) is 1. The number of hydrogen-bond acceptors (Lipinski definition) is 4. The van der Waals surface area contributed by atoms with Gasteiger partial charge in [0, 0.05) is 17.6 Å². The number of thioether (sulfide) groups is 1. The van der Waals surface area contributed by atoms with Crippen LogP contribution in [0.1, 0.15) is 5.56 Å². The Labute approximate surface area is 139 Å². The molecule has 0 aliphatic rings. The third kappa shape index (κ3) is 5.02. The van der Waals surface area contributed by atoms with Crippen LogP contribution in [0.5, 0.6) is 0 Å². The fraction of sp³-hybridized carbons (Fsp3) is 0.250. The monoisotopic (exact) mass is 335 g/mol. The van der Waals surface area contributed by atoms with Gasteiger partial charge in [-0.1, -0.05) is 29.8 Å². The van der Waals surface area contributed by atoms with E-state index in [1.807, 2.05) is 48.5 Å². The molecule has 0 fully saturated rings. The van der Waals surface area contributed by atoms with Crippen molar-refractivity contribution in [2.24, 2.45) is 0 Å². The Kier molecular flexibility index (Phi) is 6.24. The van der Waals surface area contributed by atoms with Crippen molar-refractivity contribution in [1.82, 2.24) is 9.88 Å². The second kappa shape index (κ2) is 8.17.